The van der Waals surface area contributed by atoms with Crippen LogP contribution in [-0.2, 0) is 23.7 Å². The number of non-ortho nitro benzene ring substituents is 1. The van der Waals surface area contributed by atoms with E-state index >= 15 is 0 Å². The molecule has 4 rings (SSSR count). The first-order chi connectivity index (χ1) is 24.2. The standard InChI is InChI=1S/C30H49N7O14/c1-2-3-4-5-22(40)35-17-10-19(39)20(11-34-16-7-6-13(36(44)45)8-18(16)37(46)47)48-29(17)50-27-14(31)9-15(32)28(26(27)43)51-30-25(42)23(33)24(41)21(12-38)49-30/h6-8,14-15,17,19-21,23-30,34,38-39,41-43H,2-5,9-12,31-33H2,1H3,(H,35,40)/t14-,15+,17+,19-,20+,21+,23-,24+,25+,26-,27+,28-,29+,30+/m0/s1. The number of rotatable bonds is 15. The number of amides is 1. The summed E-state index contributed by atoms with van der Waals surface area (Å²) in [6, 6.07) is -0.979. The molecule has 0 unspecified atom stereocenters. The zero-order valence-electron chi connectivity index (χ0n) is 28.0. The number of nitrogens with two attached hydrogens (primary N) is 3. The van der Waals surface area contributed by atoms with Crippen molar-refractivity contribution in [1.82, 2.24) is 5.32 Å². The second-order valence-corrected chi connectivity index (χ2v) is 13.1. The van der Waals surface area contributed by atoms with Crippen LogP contribution >= 0.6 is 0 Å². The van der Waals surface area contributed by atoms with Gasteiger partial charge in [0.1, 0.15) is 48.4 Å². The van der Waals surface area contributed by atoms with Crippen molar-refractivity contribution in [3.63, 3.8) is 0 Å². The molecule has 13 N–H and O–H groups in total. The second-order valence-electron chi connectivity index (χ2n) is 13.1. The van der Waals surface area contributed by atoms with Crippen LogP contribution in [0.15, 0.2) is 18.2 Å². The molecule has 0 bridgehead atoms. The van der Waals surface area contributed by atoms with Gasteiger partial charge in [-0.2, -0.15) is 0 Å². The molecule has 3 aliphatic rings. The molecular weight excluding hydrogens is 682 g/mol. The molecule has 0 radical (unpaired) electrons. The van der Waals surface area contributed by atoms with Crippen LogP contribution in [0.5, 0.6) is 0 Å². The highest BCUT2D eigenvalue weighted by Crippen LogP contribution is 2.33. The molecule has 288 valence electrons. The van der Waals surface area contributed by atoms with Gasteiger partial charge in [-0.05, 0) is 18.9 Å². The molecule has 3 fully saturated rings. The topological polar surface area (TPSA) is 344 Å². The number of unbranched alkanes of at least 4 members (excludes halogenated alkanes) is 2. The van der Waals surface area contributed by atoms with Crippen LogP contribution in [0.25, 0.3) is 0 Å². The van der Waals surface area contributed by atoms with Gasteiger partial charge in [-0.15, -0.1) is 0 Å². The largest absolute Gasteiger partial charge is 0.394 e. The van der Waals surface area contributed by atoms with Gasteiger partial charge in [0.15, 0.2) is 12.6 Å². The molecule has 1 saturated carbocycles. The van der Waals surface area contributed by atoms with Crippen molar-refractivity contribution in [2.45, 2.75) is 131 Å². The minimum Gasteiger partial charge on any atom is -0.394 e. The van der Waals surface area contributed by atoms with E-state index in [2.05, 4.69) is 10.6 Å². The van der Waals surface area contributed by atoms with E-state index in [0.717, 1.165) is 31.0 Å². The molecule has 21 heteroatoms. The molecule has 51 heavy (non-hydrogen) atoms. The number of hydrogen-bond acceptors (Lipinski definition) is 18. The number of aliphatic hydroxyl groups is 5. The fourth-order valence-corrected chi connectivity index (χ4v) is 6.45. The molecule has 1 amide bonds. The maximum atomic E-state index is 12.9. The van der Waals surface area contributed by atoms with Crippen LogP contribution in [0, 0.1) is 20.2 Å². The van der Waals surface area contributed by atoms with E-state index in [4.69, 9.17) is 36.1 Å². The molecule has 1 aliphatic carbocycles. The number of nitrogens with zero attached hydrogens (tertiary/aromatic N) is 2. The number of aliphatic hydroxyl groups excluding tert-OH is 5. The van der Waals surface area contributed by atoms with Crippen molar-refractivity contribution in [3.05, 3.63) is 38.4 Å². The van der Waals surface area contributed by atoms with Gasteiger partial charge in [0, 0.05) is 37.5 Å². The summed E-state index contributed by atoms with van der Waals surface area (Å²) in [5.74, 6) is -0.340. The Bertz CT molecular complexity index is 1350. The van der Waals surface area contributed by atoms with E-state index < -0.39 is 113 Å². The Balaban J connectivity index is 1.53. The molecule has 2 saturated heterocycles. The SMILES string of the molecule is CCCCCC(=O)N[C@@H]1C[C@H](O)[C@@H](CNc2ccc([N+](=O)[O-])cc2[N+](=O)[O-])O[C@@H]1O[C@H]1[C@H](O)[C@@H](O[C@H]2O[C@H](CO)[C@@H](O)[C@H](N)[C@H]2O)[C@H](N)C[C@@H]1N. The van der Waals surface area contributed by atoms with Gasteiger partial charge >= 0.3 is 0 Å². The molecule has 2 aliphatic heterocycles. The lowest BCUT2D eigenvalue weighted by molar-refractivity contribution is -0.393. The predicted octanol–water partition coefficient (Wildman–Crippen LogP) is -2.59. The van der Waals surface area contributed by atoms with E-state index in [9.17, 15) is 50.6 Å². The van der Waals surface area contributed by atoms with Crippen LogP contribution in [0.4, 0.5) is 17.1 Å². The maximum absolute atomic E-state index is 12.9. The van der Waals surface area contributed by atoms with Crippen molar-refractivity contribution in [2.75, 3.05) is 18.5 Å². The van der Waals surface area contributed by atoms with Gasteiger partial charge in [-0.1, -0.05) is 19.8 Å². The fourth-order valence-electron chi connectivity index (χ4n) is 6.45. The minimum atomic E-state index is -1.58. The number of nitro benzene ring substituents is 2. The van der Waals surface area contributed by atoms with Gasteiger partial charge in [-0.25, -0.2) is 0 Å². The van der Waals surface area contributed by atoms with Crippen molar-refractivity contribution < 1.29 is 59.1 Å². The number of anilines is 1. The van der Waals surface area contributed by atoms with Crippen LogP contribution in [0.3, 0.4) is 0 Å². The smallest absolute Gasteiger partial charge is 0.299 e. The highest BCUT2D eigenvalue weighted by Gasteiger charge is 2.50. The zero-order valence-corrected chi connectivity index (χ0v) is 28.0. The van der Waals surface area contributed by atoms with Gasteiger partial charge in [0.2, 0.25) is 5.91 Å². The Labute approximate surface area is 292 Å². The lowest BCUT2D eigenvalue weighted by Crippen LogP contribution is -2.68. The molecule has 2 heterocycles. The third kappa shape index (κ3) is 9.82. The summed E-state index contributed by atoms with van der Waals surface area (Å²) in [7, 11) is 0. The number of nitro groups is 2. The van der Waals surface area contributed by atoms with E-state index in [1.54, 1.807) is 0 Å². The quantitative estimate of drug-likeness (QED) is 0.0502. The lowest BCUT2D eigenvalue weighted by Gasteiger charge is -2.48. The molecule has 14 atom stereocenters. The third-order valence-electron chi connectivity index (χ3n) is 9.38. The van der Waals surface area contributed by atoms with Crippen molar-refractivity contribution in [2.24, 2.45) is 17.2 Å². The zero-order chi connectivity index (χ0) is 37.6. The summed E-state index contributed by atoms with van der Waals surface area (Å²) >= 11 is 0. The number of carbonyl (C=O) groups excluding carboxylic acids is 1. The Morgan fingerprint density at radius 2 is 1.57 bits per heavy atom. The Hall–Kier alpha value is -3.19. The highest BCUT2D eigenvalue weighted by molar-refractivity contribution is 5.76. The summed E-state index contributed by atoms with van der Waals surface area (Å²) in [6.45, 7) is 1.11. The van der Waals surface area contributed by atoms with Crippen LogP contribution in [0.1, 0.15) is 45.4 Å². The van der Waals surface area contributed by atoms with Crippen molar-refractivity contribution >= 4 is 23.0 Å². The average molecular weight is 732 g/mol. The van der Waals surface area contributed by atoms with Gasteiger partial charge < -0.3 is 72.3 Å². The minimum absolute atomic E-state index is 0.0332. The average Bonchev–Trinajstić information content (AvgIpc) is 3.08. The summed E-state index contributed by atoms with van der Waals surface area (Å²) in [5.41, 5.74) is 17.4. The Morgan fingerprint density at radius 3 is 2.18 bits per heavy atom. The van der Waals surface area contributed by atoms with Gasteiger partial charge in [0.25, 0.3) is 11.4 Å². The summed E-state index contributed by atoms with van der Waals surface area (Å²) in [5, 5.41) is 81.3. The monoisotopic (exact) mass is 731 g/mol. The van der Waals surface area contributed by atoms with Crippen molar-refractivity contribution in [3.8, 4) is 0 Å². The highest BCUT2D eigenvalue weighted by atomic mass is 16.7. The molecule has 1 aromatic rings. The van der Waals surface area contributed by atoms with E-state index in [1.165, 1.54) is 0 Å². The number of benzene rings is 1. The van der Waals surface area contributed by atoms with Crippen LogP contribution in [0.2, 0.25) is 0 Å². The number of carbonyl (C=O) groups is 1. The molecule has 0 spiro atoms. The van der Waals surface area contributed by atoms with E-state index in [0.29, 0.717) is 6.42 Å². The fraction of sp³-hybridized carbons (Fsp3) is 0.767. The second kappa shape index (κ2) is 18.0. The molecular formula is C30H49N7O14. The molecule has 1 aromatic carbocycles. The van der Waals surface area contributed by atoms with E-state index in [-0.39, 0.29) is 37.4 Å². The number of ether oxygens (including phenoxy) is 4. The first kappa shape index (κ1) is 40.6. The first-order valence-corrected chi connectivity index (χ1v) is 16.8. The van der Waals surface area contributed by atoms with E-state index in [1.807, 2.05) is 6.92 Å². The number of hydrogen-bond donors (Lipinski definition) is 10. The Morgan fingerprint density at radius 1 is 0.922 bits per heavy atom. The summed E-state index contributed by atoms with van der Waals surface area (Å²) in [6.07, 6.45) is -11.0. The lowest BCUT2D eigenvalue weighted by atomic mass is 9.84. The van der Waals surface area contributed by atoms with Gasteiger partial charge in [-0.3, -0.25) is 25.0 Å². The van der Waals surface area contributed by atoms with Crippen LogP contribution < -0.4 is 27.8 Å². The summed E-state index contributed by atoms with van der Waals surface area (Å²) in [4.78, 5) is 34.1. The third-order valence-corrected chi connectivity index (χ3v) is 9.38. The maximum Gasteiger partial charge on any atom is 0.299 e. The van der Waals surface area contributed by atoms with Crippen LogP contribution in [-0.4, -0.2) is 140 Å². The number of nitrogens with one attached hydrogen (secondary N) is 2. The van der Waals surface area contributed by atoms with Crippen molar-refractivity contribution in [1.29, 1.82) is 0 Å². The normalized spacial score (nSPS) is 37.0. The summed E-state index contributed by atoms with van der Waals surface area (Å²) < 4.78 is 23.7. The molecule has 21 nitrogen and oxygen atoms in total. The van der Waals surface area contributed by atoms with Gasteiger partial charge in [0.05, 0.1) is 40.7 Å². The predicted molar refractivity (Wildman–Crippen MR) is 176 cm³/mol. The Kier molecular flexibility index (Phi) is 14.3. The molecule has 0 aromatic heterocycles. The first-order valence-electron chi connectivity index (χ1n) is 16.8.